The van der Waals surface area contributed by atoms with Gasteiger partial charge in [-0.2, -0.15) is 0 Å². The smallest absolute Gasteiger partial charge is 0.0619 e. The Labute approximate surface area is 80.4 Å². The van der Waals surface area contributed by atoms with E-state index < -0.39 is 0 Å². The standard InChI is InChI=1S/C11H19NO/c1-2-5-10(4-1)8-12-11-6-3-7-13-9-11/h4,11-12H,1-3,5-9H2. The van der Waals surface area contributed by atoms with Gasteiger partial charge in [-0.25, -0.2) is 0 Å². The van der Waals surface area contributed by atoms with Crippen molar-refractivity contribution in [3.63, 3.8) is 0 Å². The number of rotatable bonds is 3. The first-order chi connectivity index (χ1) is 6.45. The summed E-state index contributed by atoms with van der Waals surface area (Å²) in [5.74, 6) is 0. The highest BCUT2D eigenvalue weighted by molar-refractivity contribution is 5.09. The molecule has 1 saturated heterocycles. The SMILES string of the molecule is C1=C(CNC2CCCOC2)CCC1. The minimum Gasteiger partial charge on any atom is -0.380 e. The van der Waals surface area contributed by atoms with Gasteiger partial charge in [0.1, 0.15) is 0 Å². The van der Waals surface area contributed by atoms with Gasteiger partial charge in [-0.3, -0.25) is 0 Å². The van der Waals surface area contributed by atoms with E-state index in [0.717, 1.165) is 19.8 Å². The maximum absolute atomic E-state index is 5.42. The summed E-state index contributed by atoms with van der Waals surface area (Å²) in [7, 11) is 0. The Kier molecular flexibility index (Phi) is 3.39. The fourth-order valence-corrected chi connectivity index (χ4v) is 2.08. The van der Waals surface area contributed by atoms with Crippen molar-refractivity contribution < 1.29 is 4.74 Å². The Morgan fingerprint density at radius 2 is 2.46 bits per heavy atom. The number of hydrogen-bond donors (Lipinski definition) is 1. The van der Waals surface area contributed by atoms with Crippen LogP contribution < -0.4 is 5.32 Å². The monoisotopic (exact) mass is 181 g/mol. The van der Waals surface area contributed by atoms with Crippen molar-refractivity contribution in [2.75, 3.05) is 19.8 Å². The number of hydrogen-bond acceptors (Lipinski definition) is 2. The zero-order valence-electron chi connectivity index (χ0n) is 8.22. The van der Waals surface area contributed by atoms with Crippen molar-refractivity contribution in [3.05, 3.63) is 11.6 Å². The molecular formula is C11H19NO. The summed E-state index contributed by atoms with van der Waals surface area (Å²) in [6.07, 6.45) is 8.84. The van der Waals surface area contributed by atoms with Gasteiger partial charge >= 0.3 is 0 Å². The Balaban J connectivity index is 1.66. The Morgan fingerprint density at radius 1 is 1.46 bits per heavy atom. The predicted octanol–water partition coefficient (Wildman–Crippen LogP) is 1.87. The molecule has 1 unspecified atom stereocenters. The molecule has 2 rings (SSSR count). The highest BCUT2D eigenvalue weighted by Crippen LogP contribution is 2.17. The van der Waals surface area contributed by atoms with Crippen LogP contribution in [0.4, 0.5) is 0 Å². The predicted molar refractivity (Wildman–Crippen MR) is 53.8 cm³/mol. The quantitative estimate of drug-likeness (QED) is 0.671. The molecule has 2 nitrogen and oxygen atoms in total. The lowest BCUT2D eigenvalue weighted by molar-refractivity contribution is 0.0714. The fourth-order valence-electron chi connectivity index (χ4n) is 2.08. The first-order valence-corrected chi connectivity index (χ1v) is 5.44. The molecule has 13 heavy (non-hydrogen) atoms. The zero-order chi connectivity index (χ0) is 8.93. The average Bonchev–Trinajstić information content (AvgIpc) is 2.69. The van der Waals surface area contributed by atoms with E-state index in [-0.39, 0.29) is 0 Å². The molecule has 0 aromatic rings. The molecule has 1 aliphatic heterocycles. The van der Waals surface area contributed by atoms with Crippen molar-refractivity contribution in [1.29, 1.82) is 0 Å². The molecule has 1 heterocycles. The van der Waals surface area contributed by atoms with Gasteiger partial charge in [0.25, 0.3) is 0 Å². The van der Waals surface area contributed by atoms with Crippen LogP contribution in [0.3, 0.4) is 0 Å². The first kappa shape index (κ1) is 9.22. The molecule has 0 saturated carbocycles. The molecule has 0 amide bonds. The van der Waals surface area contributed by atoms with Gasteiger partial charge in [0, 0.05) is 19.2 Å². The minimum absolute atomic E-state index is 0.607. The third kappa shape index (κ3) is 2.82. The maximum atomic E-state index is 5.42. The van der Waals surface area contributed by atoms with Gasteiger partial charge in [-0.05, 0) is 32.1 Å². The molecule has 0 aromatic carbocycles. The lowest BCUT2D eigenvalue weighted by Gasteiger charge is -2.23. The van der Waals surface area contributed by atoms with Crippen LogP contribution in [-0.4, -0.2) is 25.8 Å². The summed E-state index contributed by atoms with van der Waals surface area (Å²) >= 11 is 0. The first-order valence-electron chi connectivity index (χ1n) is 5.44. The van der Waals surface area contributed by atoms with Crippen molar-refractivity contribution in [2.45, 2.75) is 38.1 Å². The van der Waals surface area contributed by atoms with Crippen molar-refractivity contribution in [2.24, 2.45) is 0 Å². The zero-order valence-corrected chi connectivity index (χ0v) is 8.22. The highest BCUT2D eigenvalue weighted by Gasteiger charge is 2.13. The molecular weight excluding hydrogens is 162 g/mol. The van der Waals surface area contributed by atoms with Gasteiger partial charge in [0.05, 0.1) is 6.61 Å². The lowest BCUT2D eigenvalue weighted by Crippen LogP contribution is -2.37. The van der Waals surface area contributed by atoms with Crippen LogP contribution >= 0.6 is 0 Å². The van der Waals surface area contributed by atoms with E-state index in [2.05, 4.69) is 11.4 Å². The number of nitrogens with one attached hydrogen (secondary N) is 1. The van der Waals surface area contributed by atoms with E-state index in [1.807, 2.05) is 0 Å². The number of ether oxygens (including phenoxy) is 1. The molecule has 74 valence electrons. The van der Waals surface area contributed by atoms with Crippen molar-refractivity contribution >= 4 is 0 Å². The summed E-state index contributed by atoms with van der Waals surface area (Å²) in [6, 6.07) is 0.607. The summed E-state index contributed by atoms with van der Waals surface area (Å²) in [5, 5.41) is 3.57. The van der Waals surface area contributed by atoms with E-state index in [9.17, 15) is 0 Å². The van der Waals surface area contributed by atoms with Crippen LogP contribution in [0.2, 0.25) is 0 Å². The van der Waals surface area contributed by atoms with Crippen LogP contribution in [0.5, 0.6) is 0 Å². The van der Waals surface area contributed by atoms with E-state index >= 15 is 0 Å². The largest absolute Gasteiger partial charge is 0.380 e. The second-order valence-electron chi connectivity index (χ2n) is 4.05. The topological polar surface area (TPSA) is 21.3 Å². The normalized spacial score (nSPS) is 28.9. The highest BCUT2D eigenvalue weighted by atomic mass is 16.5. The Bertz CT molecular complexity index is 183. The van der Waals surface area contributed by atoms with Gasteiger partial charge in [0.2, 0.25) is 0 Å². The third-order valence-electron chi connectivity index (χ3n) is 2.91. The molecule has 0 bridgehead atoms. The van der Waals surface area contributed by atoms with Gasteiger partial charge in [-0.15, -0.1) is 0 Å². The lowest BCUT2D eigenvalue weighted by atomic mass is 10.1. The molecule has 1 fully saturated rings. The fraction of sp³-hybridized carbons (Fsp3) is 0.818. The summed E-state index contributed by atoms with van der Waals surface area (Å²) in [6.45, 7) is 2.96. The Morgan fingerprint density at radius 3 is 3.15 bits per heavy atom. The third-order valence-corrected chi connectivity index (χ3v) is 2.91. The van der Waals surface area contributed by atoms with Crippen LogP contribution in [0.25, 0.3) is 0 Å². The number of allylic oxidation sites excluding steroid dienone is 1. The molecule has 1 N–H and O–H groups in total. The van der Waals surface area contributed by atoms with Crippen LogP contribution in [-0.2, 0) is 4.74 Å². The molecule has 1 atom stereocenters. The maximum Gasteiger partial charge on any atom is 0.0619 e. The molecule has 2 aliphatic rings. The van der Waals surface area contributed by atoms with Crippen LogP contribution in [0.1, 0.15) is 32.1 Å². The van der Waals surface area contributed by atoms with Gasteiger partial charge in [-0.1, -0.05) is 11.6 Å². The van der Waals surface area contributed by atoms with E-state index in [0.29, 0.717) is 6.04 Å². The van der Waals surface area contributed by atoms with Gasteiger partial charge < -0.3 is 10.1 Å². The second-order valence-corrected chi connectivity index (χ2v) is 4.05. The van der Waals surface area contributed by atoms with Crippen molar-refractivity contribution in [3.8, 4) is 0 Å². The van der Waals surface area contributed by atoms with Crippen LogP contribution in [0.15, 0.2) is 11.6 Å². The Hall–Kier alpha value is -0.340. The second kappa shape index (κ2) is 4.77. The average molecular weight is 181 g/mol. The summed E-state index contributed by atoms with van der Waals surface area (Å²) in [4.78, 5) is 0. The minimum atomic E-state index is 0.607. The molecule has 2 heteroatoms. The molecule has 0 aromatic heterocycles. The molecule has 0 spiro atoms. The summed E-state index contributed by atoms with van der Waals surface area (Å²) in [5.41, 5.74) is 1.60. The van der Waals surface area contributed by atoms with E-state index in [4.69, 9.17) is 4.74 Å². The molecule has 1 aliphatic carbocycles. The summed E-state index contributed by atoms with van der Waals surface area (Å²) < 4.78 is 5.42. The molecule has 0 radical (unpaired) electrons. The van der Waals surface area contributed by atoms with E-state index in [1.165, 1.54) is 32.1 Å². The van der Waals surface area contributed by atoms with Gasteiger partial charge in [0.15, 0.2) is 0 Å². The van der Waals surface area contributed by atoms with Crippen molar-refractivity contribution in [1.82, 2.24) is 5.32 Å². The van der Waals surface area contributed by atoms with Crippen LogP contribution in [0, 0.1) is 0 Å². The van der Waals surface area contributed by atoms with E-state index in [1.54, 1.807) is 5.57 Å².